The molecule has 0 aliphatic heterocycles. The van der Waals surface area contributed by atoms with Crippen molar-refractivity contribution in [2.75, 3.05) is 0 Å². The molecular weight excluding hydrogens is 250 g/mol. The average molecular weight is 263 g/mol. The van der Waals surface area contributed by atoms with E-state index >= 15 is 0 Å². The van der Waals surface area contributed by atoms with Crippen LogP contribution in [-0.2, 0) is 6.42 Å². The van der Waals surface area contributed by atoms with E-state index in [1.165, 1.54) is 11.3 Å². The number of thiazole rings is 1. The molecule has 0 fully saturated rings. The van der Waals surface area contributed by atoms with Gasteiger partial charge in [0.1, 0.15) is 5.75 Å². The Bertz CT molecular complexity index is 536. The SMILES string of the molecule is CCCc1nc(C(=O)O)c(Oc2ccccc2)s1. The Morgan fingerprint density at radius 2 is 2.11 bits per heavy atom. The van der Waals surface area contributed by atoms with Gasteiger partial charge in [-0.3, -0.25) is 0 Å². The first-order valence-corrected chi connectivity index (χ1v) is 6.48. The van der Waals surface area contributed by atoms with Crippen molar-refractivity contribution in [1.29, 1.82) is 0 Å². The van der Waals surface area contributed by atoms with Crippen LogP contribution >= 0.6 is 11.3 Å². The number of nitrogens with zero attached hydrogens (tertiary/aromatic N) is 1. The number of aryl methyl sites for hydroxylation is 1. The lowest BCUT2D eigenvalue weighted by Gasteiger charge is -2.02. The molecule has 0 aliphatic rings. The summed E-state index contributed by atoms with van der Waals surface area (Å²) in [5, 5.41) is 10.2. The summed E-state index contributed by atoms with van der Waals surface area (Å²) in [5.74, 6) is -0.439. The van der Waals surface area contributed by atoms with E-state index < -0.39 is 5.97 Å². The van der Waals surface area contributed by atoms with Crippen molar-refractivity contribution in [3.63, 3.8) is 0 Å². The quantitative estimate of drug-likeness (QED) is 0.895. The Morgan fingerprint density at radius 3 is 2.72 bits per heavy atom. The summed E-state index contributed by atoms with van der Waals surface area (Å²) in [7, 11) is 0. The number of aromatic carboxylic acids is 1. The molecule has 0 saturated carbocycles. The van der Waals surface area contributed by atoms with Crippen molar-refractivity contribution in [1.82, 2.24) is 4.98 Å². The normalized spacial score (nSPS) is 10.3. The fraction of sp³-hybridized carbons (Fsp3) is 0.231. The van der Waals surface area contributed by atoms with Crippen molar-refractivity contribution < 1.29 is 14.6 Å². The molecule has 0 aliphatic carbocycles. The number of rotatable bonds is 5. The van der Waals surface area contributed by atoms with Crippen molar-refractivity contribution >= 4 is 17.3 Å². The van der Waals surface area contributed by atoms with Crippen LogP contribution in [-0.4, -0.2) is 16.1 Å². The summed E-state index contributed by atoms with van der Waals surface area (Å²) < 4.78 is 5.57. The maximum atomic E-state index is 11.1. The predicted molar refractivity (Wildman–Crippen MR) is 69.6 cm³/mol. The minimum absolute atomic E-state index is 0.00713. The lowest BCUT2D eigenvalue weighted by molar-refractivity contribution is 0.0688. The molecule has 1 N–H and O–H groups in total. The maximum absolute atomic E-state index is 11.1. The Hall–Kier alpha value is -1.88. The van der Waals surface area contributed by atoms with Crippen molar-refractivity contribution in [3.8, 4) is 10.8 Å². The van der Waals surface area contributed by atoms with Crippen molar-refractivity contribution in [3.05, 3.63) is 41.0 Å². The Balaban J connectivity index is 2.28. The number of aromatic nitrogens is 1. The highest BCUT2D eigenvalue weighted by Crippen LogP contribution is 2.32. The molecule has 0 atom stereocenters. The van der Waals surface area contributed by atoms with Gasteiger partial charge in [-0.2, -0.15) is 0 Å². The lowest BCUT2D eigenvalue weighted by atomic mass is 10.3. The summed E-state index contributed by atoms with van der Waals surface area (Å²) in [6, 6.07) is 9.11. The molecule has 0 bridgehead atoms. The van der Waals surface area contributed by atoms with Crippen LogP contribution in [0.25, 0.3) is 0 Å². The van der Waals surface area contributed by atoms with Gasteiger partial charge in [-0.25, -0.2) is 9.78 Å². The van der Waals surface area contributed by atoms with E-state index in [1.54, 1.807) is 12.1 Å². The lowest BCUT2D eigenvalue weighted by Crippen LogP contribution is -1.99. The zero-order valence-electron chi connectivity index (χ0n) is 9.92. The highest BCUT2D eigenvalue weighted by Gasteiger charge is 2.19. The first kappa shape index (κ1) is 12.6. The number of benzene rings is 1. The molecule has 2 aromatic rings. The van der Waals surface area contributed by atoms with E-state index in [4.69, 9.17) is 9.84 Å². The third kappa shape index (κ3) is 2.87. The van der Waals surface area contributed by atoms with Crippen LogP contribution in [0.4, 0.5) is 0 Å². The molecule has 0 spiro atoms. The van der Waals surface area contributed by atoms with Crippen LogP contribution in [0, 0.1) is 0 Å². The number of carboxylic acids is 1. The van der Waals surface area contributed by atoms with E-state index in [9.17, 15) is 4.79 Å². The number of hydrogen-bond acceptors (Lipinski definition) is 4. The molecule has 18 heavy (non-hydrogen) atoms. The van der Waals surface area contributed by atoms with Gasteiger partial charge >= 0.3 is 5.97 Å². The second-order valence-corrected chi connectivity index (χ2v) is 4.76. The largest absolute Gasteiger partial charge is 0.476 e. The summed E-state index contributed by atoms with van der Waals surface area (Å²) in [6.45, 7) is 2.03. The molecule has 5 heteroatoms. The van der Waals surface area contributed by atoms with Crippen molar-refractivity contribution in [2.24, 2.45) is 0 Å². The highest BCUT2D eigenvalue weighted by molar-refractivity contribution is 7.13. The molecule has 4 nitrogen and oxygen atoms in total. The number of ether oxygens (including phenoxy) is 1. The van der Waals surface area contributed by atoms with Gasteiger partial charge in [0.2, 0.25) is 10.8 Å². The topological polar surface area (TPSA) is 59.4 Å². The van der Waals surface area contributed by atoms with E-state index in [2.05, 4.69) is 4.98 Å². The van der Waals surface area contributed by atoms with Crippen LogP contribution in [0.2, 0.25) is 0 Å². The predicted octanol–water partition coefficient (Wildman–Crippen LogP) is 3.59. The van der Waals surface area contributed by atoms with Crippen LogP contribution in [0.3, 0.4) is 0 Å². The average Bonchev–Trinajstić information content (AvgIpc) is 2.74. The van der Waals surface area contributed by atoms with Crippen LogP contribution in [0.15, 0.2) is 30.3 Å². The van der Waals surface area contributed by atoms with Crippen LogP contribution in [0.1, 0.15) is 28.8 Å². The third-order valence-corrected chi connectivity index (χ3v) is 3.25. The Kier molecular flexibility index (Phi) is 3.94. The molecule has 0 amide bonds. The summed E-state index contributed by atoms with van der Waals surface area (Å²) in [6.07, 6.45) is 1.69. The molecule has 0 radical (unpaired) electrons. The fourth-order valence-corrected chi connectivity index (χ4v) is 2.49. The highest BCUT2D eigenvalue weighted by atomic mass is 32.1. The summed E-state index contributed by atoms with van der Waals surface area (Å²) in [4.78, 5) is 15.2. The summed E-state index contributed by atoms with van der Waals surface area (Å²) in [5.41, 5.74) is -0.00713. The zero-order chi connectivity index (χ0) is 13.0. The van der Waals surface area contributed by atoms with Gasteiger partial charge in [0, 0.05) is 0 Å². The van der Waals surface area contributed by atoms with E-state index in [-0.39, 0.29) is 5.69 Å². The zero-order valence-corrected chi connectivity index (χ0v) is 10.7. The number of hydrogen-bond donors (Lipinski definition) is 1. The minimum atomic E-state index is -1.06. The van der Waals surface area contributed by atoms with Gasteiger partial charge in [-0.1, -0.05) is 36.5 Å². The molecule has 94 valence electrons. The molecule has 0 unspecified atom stereocenters. The Morgan fingerprint density at radius 1 is 1.39 bits per heavy atom. The second kappa shape index (κ2) is 5.64. The second-order valence-electron chi connectivity index (χ2n) is 3.71. The molecule has 1 aromatic heterocycles. The van der Waals surface area contributed by atoms with Crippen LogP contribution in [0.5, 0.6) is 10.8 Å². The first-order valence-electron chi connectivity index (χ1n) is 5.66. The Labute approximate surface area is 109 Å². The monoisotopic (exact) mass is 263 g/mol. The molecule has 1 heterocycles. The van der Waals surface area contributed by atoms with E-state index in [0.717, 1.165) is 17.8 Å². The third-order valence-electron chi connectivity index (χ3n) is 2.26. The number of carboxylic acid groups (broad SMARTS) is 1. The standard InChI is InChI=1S/C13H13NO3S/c1-2-6-10-14-11(12(15)16)13(18-10)17-9-7-4-3-5-8-9/h3-5,7-8H,2,6H2,1H3,(H,15,16). The van der Waals surface area contributed by atoms with Gasteiger partial charge in [0.05, 0.1) is 5.01 Å². The smallest absolute Gasteiger partial charge is 0.359 e. The van der Waals surface area contributed by atoms with Crippen molar-refractivity contribution in [2.45, 2.75) is 19.8 Å². The van der Waals surface area contributed by atoms with Gasteiger partial charge in [-0.15, -0.1) is 0 Å². The molecule has 0 saturated heterocycles. The molecular formula is C13H13NO3S. The van der Waals surface area contributed by atoms with Crippen LogP contribution < -0.4 is 4.74 Å². The number of carbonyl (C=O) groups is 1. The van der Waals surface area contributed by atoms with E-state index in [0.29, 0.717) is 10.8 Å². The summed E-state index contributed by atoms with van der Waals surface area (Å²) >= 11 is 1.29. The van der Waals surface area contributed by atoms with E-state index in [1.807, 2.05) is 25.1 Å². The molecule has 2 rings (SSSR count). The van der Waals surface area contributed by atoms with Gasteiger partial charge in [0.15, 0.2) is 0 Å². The minimum Gasteiger partial charge on any atom is -0.476 e. The number of para-hydroxylation sites is 1. The fourth-order valence-electron chi connectivity index (χ4n) is 1.47. The van der Waals surface area contributed by atoms with Gasteiger partial charge in [-0.05, 0) is 25.0 Å². The van der Waals surface area contributed by atoms with Gasteiger partial charge in [0.25, 0.3) is 0 Å². The van der Waals surface area contributed by atoms with Gasteiger partial charge < -0.3 is 9.84 Å². The first-order chi connectivity index (χ1) is 8.70. The molecule has 1 aromatic carbocycles. The maximum Gasteiger partial charge on any atom is 0.359 e.